The van der Waals surface area contributed by atoms with Crippen molar-refractivity contribution in [1.82, 2.24) is 0 Å². The summed E-state index contributed by atoms with van der Waals surface area (Å²) in [6, 6.07) is 0. The van der Waals surface area contributed by atoms with E-state index >= 15 is 0 Å². The minimum absolute atomic E-state index is 0.0185. The van der Waals surface area contributed by atoms with E-state index in [0.29, 0.717) is 13.2 Å². The number of hydrogen-bond donors (Lipinski definition) is 6. The molecule has 0 heterocycles. The van der Waals surface area contributed by atoms with E-state index < -0.39 is 23.8 Å². The zero-order valence-electron chi connectivity index (χ0n) is 30.7. The fourth-order valence-electron chi connectivity index (χ4n) is 6.55. The molecule has 6 N–H and O–H groups in total. The van der Waals surface area contributed by atoms with E-state index in [9.17, 15) is 30.6 Å². The molecule has 0 aliphatic carbocycles. The Kier molecular flexibility index (Phi) is 32.6. The van der Waals surface area contributed by atoms with E-state index in [-0.39, 0.29) is 65.0 Å². The predicted molar refractivity (Wildman–Crippen MR) is 190 cm³/mol. The van der Waals surface area contributed by atoms with E-state index in [1.807, 2.05) is 0 Å². The largest absolute Gasteiger partial charge is 0.396 e. The number of hydrogen-bond acceptors (Lipinski definition) is 9. The lowest BCUT2D eigenvalue weighted by molar-refractivity contribution is -0.249. The Morgan fingerprint density at radius 1 is 0.404 bits per heavy atom. The normalized spacial score (nSPS) is 13.8. The van der Waals surface area contributed by atoms with Crippen LogP contribution in [0.25, 0.3) is 0 Å². The van der Waals surface area contributed by atoms with E-state index in [1.54, 1.807) is 0 Å². The summed E-state index contributed by atoms with van der Waals surface area (Å²) in [6.07, 6.45) is 22.1. The van der Waals surface area contributed by atoms with Crippen LogP contribution in [0.1, 0.15) is 181 Å². The third-order valence-electron chi connectivity index (χ3n) is 9.49. The van der Waals surface area contributed by atoms with Crippen molar-refractivity contribution in [3.63, 3.8) is 0 Å². The second kappa shape index (κ2) is 32.8. The summed E-state index contributed by atoms with van der Waals surface area (Å²) in [4.78, 5) is 0. The molecule has 0 radical (unpaired) electrons. The Labute approximate surface area is 288 Å². The van der Waals surface area contributed by atoms with Crippen LogP contribution in [-0.2, 0) is 14.2 Å². The number of aliphatic hydroxyl groups excluding tert-OH is 6. The fraction of sp³-hybridized carbons (Fsp3) is 1.00. The van der Waals surface area contributed by atoms with Crippen molar-refractivity contribution in [2.24, 2.45) is 0 Å². The lowest BCUT2D eigenvalue weighted by Crippen LogP contribution is -2.43. The van der Waals surface area contributed by atoms with Crippen LogP contribution in [0.2, 0.25) is 0 Å². The highest BCUT2D eigenvalue weighted by molar-refractivity contribution is 4.84. The molecule has 0 aliphatic rings. The maximum Gasteiger partial charge on any atom is 0.160 e. The summed E-state index contributed by atoms with van der Waals surface area (Å²) < 4.78 is 18.0. The van der Waals surface area contributed by atoms with E-state index in [2.05, 4.69) is 13.8 Å². The van der Waals surface area contributed by atoms with Gasteiger partial charge in [0.1, 0.15) is 0 Å². The van der Waals surface area contributed by atoms with Gasteiger partial charge in [0, 0.05) is 52.5 Å². The molecule has 0 rings (SSSR count). The van der Waals surface area contributed by atoms with E-state index in [0.717, 1.165) is 38.5 Å². The van der Waals surface area contributed by atoms with Gasteiger partial charge in [-0.05, 0) is 38.5 Å². The van der Waals surface area contributed by atoms with Crippen molar-refractivity contribution in [2.45, 2.75) is 205 Å². The molecular formula is C38H78O9. The highest BCUT2D eigenvalue weighted by atomic mass is 16.7. The topological polar surface area (TPSA) is 149 Å². The number of aliphatic hydroxyl groups is 6. The van der Waals surface area contributed by atoms with E-state index in [4.69, 9.17) is 14.2 Å². The van der Waals surface area contributed by atoms with Crippen LogP contribution in [0.15, 0.2) is 0 Å². The molecule has 0 saturated carbocycles. The zero-order chi connectivity index (χ0) is 34.9. The number of unbranched alkanes of at least 4 members (excludes halogenated alkanes) is 18. The van der Waals surface area contributed by atoms with Gasteiger partial charge in [-0.25, -0.2) is 0 Å². The molecule has 284 valence electrons. The van der Waals surface area contributed by atoms with Crippen LogP contribution in [0.5, 0.6) is 0 Å². The highest BCUT2D eigenvalue weighted by Crippen LogP contribution is 2.31. The number of rotatable bonds is 38. The molecule has 2 atom stereocenters. The summed E-state index contributed by atoms with van der Waals surface area (Å²) in [5.41, 5.74) is -1.97. The van der Waals surface area contributed by atoms with Gasteiger partial charge < -0.3 is 44.8 Å². The molecule has 0 spiro atoms. The van der Waals surface area contributed by atoms with Crippen molar-refractivity contribution in [3.05, 3.63) is 0 Å². The Morgan fingerprint density at radius 2 is 0.660 bits per heavy atom. The van der Waals surface area contributed by atoms with E-state index in [1.165, 1.54) is 89.9 Å². The smallest absolute Gasteiger partial charge is 0.160 e. The summed E-state index contributed by atoms with van der Waals surface area (Å²) in [5.74, 6) is 0. The van der Waals surface area contributed by atoms with Crippen LogP contribution in [0, 0.1) is 0 Å². The maximum absolute atomic E-state index is 10.9. The van der Waals surface area contributed by atoms with Crippen LogP contribution in [0.4, 0.5) is 0 Å². The molecule has 0 aromatic carbocycles. The van der Waals surface area contributed by atoms with Crippen LogP contribution >= 0.6 is 0 Å². The molecule has 0 amide bonds. The first-order chi connectivity index (χ1) is 22.9. The summed E-state index contributed by atoms with van der Waals surface area (Å²) >= 11 is 0. The Bertz CT molecular complexity index is 572. The lowest BCUT2D eigenvalue weighted by atomic mass is 9.90. The Balaban J connectivity index is 4.78. The Morgan fingerprint density at radius 3 is 0.915 bits per heavy atom. The molecule has 47 heavy (non-hydrogen) atoms. The summed E-state index contributed by atoms with van der Waals surface area (Å²) in [5, 5.41) is 60.8. The quantitative estimate of drug-likeness (QED) is 0.0292. The third-order valence-corrected chi connectivity index (χ3v) is 9.49. The van der Waals surface area contributed by atoms with Gasteiger partial charge in [-0.15, -0.1) is 0 Å². The average molecular weight is 679 g/mol. The first kappa shape index (κ1) is 46.6. The van der Waals surface area contributed by atoms with Gasteiger partial charge in [-0.3, -0.25) is 0 Å². The summed E-state index contributed by atoms with van der Waals surface area (Å²) in [7, 11) is 0. The third kappa shape index (κ3) is 26.2. The van der Waals surface area contributed by atoms with Gasteiger partial charge in [0.25, 0.3) is 0 Å². The monoisotopic (exact) mass is 679 g/mol. The zero-order valence-corrected chi connectivity index (χ0v) is 30.7. The van der Waals surface area contributed by atoms with Gasteiger partial charge in [0.15, 0.2) is 12.6 Å². The second-order valence-corrected chi connectivity index (χ2v) is 13.8. The van der Waals surface area contributed by atoms with Gasteiger partial charge >= 0.3 is 0 Å². The molecule has 0 bridgehead atoms. The second-order valence-electron chi connectivity index (χ2n) is 13.8. The Hall–Kier alpha value is -0.360. The molecule has 0 aromatic heterocycles. The first-order valence-corrected chi connectivity index (χ1v) is 19.6. The van der Waals surface area contributed by atoms with Gasteiger partial charge in [0.2, 0.25) is 0 Å². The molecule has 0 aromatic rings. The van der Waals surface area contributed by atoms with Crippen molar-refractivity contribution in [2.75, 3.05) is 39.6 Å². The van der Waals surface area contributed by atoms with Crippen molar-refractivity contribution < 1.29 is 44.8 Å². The molecule has 0 fully saturated rings. The minimum atomic E-state index is -1.40. The molecule has 0 saturated heterocycles. The molecule has 9 nitrogen and oxygen atoms in total. The van der Waals surface area contributed by atoms with Crippen LogP contribution in [-0.4, -0.2) is 94.1 Å². The predicted octanol–water partition coefficient (Wildman–Crippen LogP) is 7.30. The molecular weight excluding hydrogens is 600 g/mol. The van der Waals surface area contributed by atoms with Gasteiger partial charge in [0.05, 0.1) is 11.2 Å². The van der Waals surface area contributed by atoms with Crippen molar-refractivity contribution in [1.29, 1.82) is 0 Å². The maximum atomic E-state index is 10.9. The standard InChI is InChI=1S/C38H78O9/c1-3-5-7-9-11-13-15-17-19-21-31-45-37(23-27-39,24-28-40)33-35(43)47-36(44)34-38(25-29-41,26-30-42)46-32-22-20-18-16-14-12-10-8-6-4-2/h35-36,39-44H,3-34H2,1-2H3. The molecule has 2 unspecified atom stereocenters. The lowest BCUT2D eigenvalue weighted by Gasteiger charge is -2.37. The average Bonchev–Trinajstić information content (AvgIpc) is 3.03. The van der Waals surface area contributed by atoms with Crippen LogP contribution < -0.4 is 0 Å². The SMILES string of the molecule is CCCCCCCCCCCCOC(CCO)(CCO)CC(O)OC(O)CC(CCO)(CCO)OCCCCCCCCCCCC. The van der Waals surface area contributed by atoms with Gasteiger partial charge in [-0.2, -0.15) is 0 Å². The number of ether oxygens (including phenoxy) is 3. The first-order valence-electron chi connectivity index (χ1n) is 19.6. The van der Waals surface area contributed by atoms with Crippen LogP contribution in [0.3, 0.4) is 0 Å². The van der Waals surface area contributed by atoms with Crippen molar-refractivity contribution >= 4 is 0 Å². The van der Waals surface area contributed by atoms with Gasteiger partial charge in [-0.1, -0.05) is 129 Å². The summed E-state index contributed by atoms with van der Waals surface area (Å²) in [6.45, 7) is 4.69. The fourth-order valence-corrected chi connectivity index (χ4v) is 6.55. The van der Waals surface area contributed by atoms with Crippen molar-refractivity contribution in [3.8, 4) is 0 Å². The minimum Gasteiger partial charge on any atom is -0.396 e. The highest BCUT2D eigenvalue weighted by Gasteiger charge is 2.37. The molecule has 0 aliphatic heterocycles. The molecule has 9 heteroatoms.